The third kappa shape index (κ3) is 7.59. The first kappa shape index (κ1) is 29.2. The maximum absolute atomic E-state index is 12.4. The number of amides is 3. The summed E-state index contributed by atoms with van der Waals surface area (Å²) in [6, 6.07) is 13.6. The lowest BCUT2D eigenvalue weighted by Crippen LogP contribution is -2.32. The van der Waals surface area contributed by atoms with E-state index in [1.54, 1.807) is 42.5 Å². The Labute approximate surface area is 243 Å². The SMILES string of the molecule is COc1cc(/C=N\NC(=O)C(=O)Nc2cccc(C)c2C)cc(I)c1OCC(=O)Nc1cccc(Cl)c1Cl. The Bertz CT molecular complexity index is 1410. The number of rotatable bonds is 8. The normalized spacial score (nSPS) is 10.7. The number of carbonyl (C=O) groups excluding carboxylic acids is 3. The molecule has 0 unspecified atom stereocenters. The summed E-state index contributed by atoms with van der Waals surface area (Å²) >= 11 is 14.1. The number of hydrazone groups is 1. The van der Waals surface area contributed by atoms with Gasteiger partial charge in [0.15, 0.2) is 18.1 Å². The quantitative estimate of drug-likeness (QED) is 0.130. The molecule has 0 aliphatic rings. The van der Waals surface area contributed by atoms with Crippen LogP contribution < -0.4 is 25.5 Å². The number of hydrogen-bond donors (Lipinski definition) is 3. The van der Waals surface area contributed by atoms with Crippen molar-refractivity contribution in [1.29, 1.82) is 0 Å². The van der Waals surface area contributed by atoms with E-state index in [0.29, 0.717) is 37.0 Å². The molecular weight excluding hydrogens is 646 g/mol. The third-order valence-electron chi connectivity index (χ3n) is 5.26. The van der Waals surface area contributed by atoms with Gasteiger partial charge in [0.1, 0.15) is 0 Å². The number of aryl methyl sites for hydroxylation is 1. The topological polar surface area (TPSA) is 118 Å². The molecule has 0 bridgehead atoms. The number of carbonyl (C=O) groups is 3. The van der Waals surface area contributed by atoms with Crippen molar-refractivity contribution in [3.63, 3.8) is 0 Å². The van der Waals surface area contributed by atoms with Crippen LogP contribution >= 0.6 is 45.8 Å². The number of hydrogen-bond acceptors (Lipinski definition) is 6. The standard InChI is InChI=1S/C26H23Cl2IN4O5/c1-14-6-4-8-19(15(14)2)32-25(35)26(36)33-30-12-16-10-18(29)24(21(11-16)37-3)38-13-22(34)31-20-9-5-7-17(27)23(20)28/h4-12H,13H2,1-3H3,(H,31,34)(H,32,35)(H,33,36)/b30-12-. The van der Waals surface area contributed by atoms with Crippen LogP contribution in [0.1, 0.15) is 16.7 Å². The van der Waals surface area contributed by atoms with E-state index in [4.69, 9.17) is 32.7 Å². The maximum Gasteiger partial charge on any atom is 0.329 e. The Morgan fingerprint density at radius 2 is 1.71 bits per heavy atom. The molecule has 0 aromatic heterocycles. The number of nitrogens with zero attached hydrogens (tertiary/aromatic N) is 1. The predicted octanol–water partition coefficient (Wildman–Crippen LogP) is 5.33. The van der Waals surface area contributed by atoms with Gasteiger partial charge in [-0.3, -0.25) is 14.4 Å². The van der Waals surface area contributed by atoms with Crippen molar-refractivity contribution in [2.75, 3.05) is 24.4 Å². The van der Waals surface area contributed by atoms with Crippen LogP contribution in [-0.4, -0.2) is 37.7 Å². The fraction of sp³-hybridized carbons (Fsp3) is 0.154. The molecule has 0 saturated carbocycles. The van der Waals surface area contributed by atoms with Gasteiger partial charge in [0.2, 0.25) is 0 Å². The molecule has 3 aromatic carbocycles. The molecule has 12 heteroatoms. The zero-order valence-corrected chi connectivity index (χ0v) is 24.2. The van der Waals surface area contributed by atoms with Crippen LogP contribution in [-0.2, 0) is 14.4 Å². The fourth-order valence-electron chi connectivity index (χ4n) is 3.16. The summed E-state index contributed by atoms with van der Waals surface area (Å²) in [5.41, 5.74) is 5.53. The van der Waals surface area contributed by atoms with E-state index < -0.39 is 17.7 Å². The lowest BCUT2D eigenvalue weighted by atomic mass is 10.1. The molecule has 0 atom stereocenters. The Kier molecular flexibility index (Phi) is 10.3. The van der Waals surface area contributed by atoms with Gasteiger partial charge in [-0.1, -0.05) is 41.4 Å². The summed E-state index contributed by atoms with van der Waals surface area (Å²) in [7, 11) is 1.45. The van der Waals surface area contributed by atoms with Gasteiger partial charge in [-0.25, -0.2) is 5.43 Å². The molecule has 0 aliphatic heterocycles. The largest absolute Gasteiger partial charge is 0.493 e. The minimum atomic E-state index is -0.922. The van der Waals surface area contributed by atoms with Gasteiger partial charge < -0.3 is 20.1 Å². The number of benzene rings is 3. The second-order valence-electron chi connectivity index (χ2n) is 7.87. The first-order valence-corrected chi connectivity index (χ1v) is 12.9. The van der Waals surface area contributed by atoms with Crippen LogP contribution in [0.25, 0.3) is 0 Å². The Morgan fingerprint density at radius 3 is 2.45 bits per heavy atom. The van der Waals surface area contributed by atoms with E-state index >= 15 is 0 Å². The highest BCUT2D eigenvalue weighted by Crippen LogP contribution is 2.34. The molecule has 3 aromatic rings. The highest BCUT2D eigenvalue weighted by molar-refractivity contribution is 14.1. The molecule has 9 nitrogen and oxygen atoms in total. The van der Waals surface area contributed by atoms with Crippen LogP contribution in [0.5, 0.6) is 11.5 Å². The molecule has 0 aliphatic carbocycles. The number of halogens is 3. The zero-order valence-electron chi connectivity index (χ0n) is 20.5. The number of anilines is 2. The van der Waals surface area contributed by atoms with Crippen LogP contribution in [0.15, 0.2) is 53.6 Å². The van der Waals surface area contributed by atoms with Crippen molar-refractivity contribution in [3.8, 4) is 11.5 Å². The number of nitrogens with one attached hydrogen (secondary N) is 3. The number of ether oxygens (including phenoxy) is 2. The van der Waals surface area contributed by atoms with Crippen molar-refractivity contribution < 1.29 is 23.9 Å². The molecule has 0 spiro atoms. The Balaban J connectivity index is 1.60. The smallest absolute Gasteiger partial charge is 0.329 e. The highest BCUT2D eigenvalue weighted by atomic mass is 127. The van der Waals surface area contributed by atoms with Crippen LogP contribution in [0, 0.1) is 17.4 Å². The highest BCUT2D eigenvalue weighted by Gasteiger charge is 2.16. The van der Waals surface area contributed by atoms with Crippen molar-refractivity contribution in [2.45, 2.75) is 13.8 Å². The Hall–Kier alpha value is -3.35. The third-order valence-corrected chi connectivity index (χ3v) is 6.88. The summed E-state index contributed by atoms with van der Waals surface area (Å²) in [6.45, 7) is 3.45. The van der Waals surface area contributed by atoms with Crippen molar-refractivity contribution in [1.82, 2.24) is 5.43 Å². The maximum atomic E-state index is 12.4. The van der Waals surface area contributed by atoms with Crippen molar-refractivity contribution >= 4 is 81.1 Å². The van der Waals surface area contributed by atoms with E-state index in [2.05, 4.69) is 21.2 Å². The lowest BCUT2D eigenvalue weighted by molar-refractivity contribution is -0.136. The average Bonchev–Trinajstić information content (AvgIpc) is 2.88. The predicted molar refractivity (Wildman–Crippen MR) is 157 cm³/mol. The van der Waals surface area contributed by atoms with E-state index in [-0.39, 0.29) is 11.6 Å². The summed E-state index contributed by atoms with van der Waals surface area (Å²) in [5.74, 6) is -1.53. The molecule has 198 valence electrons. The van der Waals surface area contributed by atoms with Gasteiger partial charge in [-0.05, 0) is 83.5 Å². The van der Waals surface area contributed by atoms with Gasteiger partial charge in [0.05, 0.1) is 32.6 Å². The van der Waals surface area contributed by atoms with E-state index in [1.807, 2.05) is 42.5 Å². The minimum absolute atomic E-state index is 0.230. The summed E-state index contributed by atoms with van der Waals surface area (Å²) < 4.78 is 11.7. The monoisotopic (exact) mass is 668 g/mol. The lowest BCUT2D eigenvalue weighted by Gasteiger charge is -2.14. The second kappa shape index (κ2) is 13.4. The molecule has 3 N–H and O–H groups in total. The number of methoxy groups -OCH3 is 1. The Morgan fingerprint density at radius 1 is 1.00 bits per heavy atom. The van der Waals surface area contributed by atoms with Crippen LogP contribution in [0.2, 0.25) is 10.0 Å². The van der Waals surface area contributed by atoms with E-state index in [0.717, 1.165) is 11.1 Å². The van der Waals surface area contributed by atoms with Crippen LogP contribution in [0.3, 0.4) is 0 Å². The fourth-order valence-corrected chi connectivity index (χ4v) is 4.29. The van der Waals surface area contributed by atoms with Gasteiger partial charge in [0.25, 0.3) is 5.91 Å². The molecule has 0 heterocycles. The summed E-state index contributed by atoms with van der Waals surface area (Å²) in [6.07, 6.45) is 1.35. The first-order valence-electron chi connectivity index (χ1n) is 11.1. The first-order chi connectivity index (χ1) is 18.1. The second-order valence-corrected chi connectivity index (χ2v) is 9.82. The molecule has 38 heavy (non-hydrogen) atoms. The molecule has 0 fully saturated rings. The van der Waals surface area contributed by atoms with E-state index in [1.165, 1.54) is 13.3 Å². The molecule has 3 rings (SSSR count). The molecular formula is C26H23Cl2IN4O5. The van der Waals surface area contributed by atoms with Gasteiger partial charge >= 0.3 is 11.8 Å². The molecule has 0 saturated heterocycles. The summed E-state index contributed by atoms with van der Waals surface area (Å²) in [5, 5.41) is 9.61. The van der Waals surface area contributed by atoms with Crippen molar-refractivity contribution in [3.05, 3.63) is 78.8 Å². The zero-order chi connectivity index (χ0) is 27.8. The summed E-state index contributed by atoms with van der Waals surface area (Å²) in [4.78, 5) is 36.7. The van der Waals surface area contributed by atoms with Crippen molar-refractivity contribution in [2.24, 2.45) is 5.10 Å². The minimum Gasteiger partial charge on any atom is -0.493 e. The van der Waals surface area contributed by atoms with E-state index in [9.17, 15) is 14.4 Å². The molecule has 3 amide bonds. The van der Waals surface area contributed by atoms with Gasteiger partial charge in [-0.2, -0.15) is 5.10 Å². The average molecular weight is 669 g/mol. The van der Waals surface area contributed by atoms with Gasteiger partial charge in [0, 0.05) is 5.69 Å². The van der Waals surface area contributed by atoms with Gasteiger partial charge in [-0.15, -0.1) is 0 Å². The molecule has 0 radical (unpaired) electrons. The van der Waals surface area contributed by atoms with Crippen LogP contribution in [0.4, 0.5) is 11.4 Å².